The molecule has 0 unspecified atom stereocenters. The van der Waals surface area contributed by atoms with Crippen molar-refractivity contribution < 1.29 is 23.7 Å². The predicted octanol–water partition coefficient (Wildman–Crippen LogP) is 2.45. The first-order valence-electron chi connectivity index (χ1n) is 10.7. The van der Waals surface area contributed by atoms with Gasteiger partial charge in [0.05, 0.1) is 52.9 Å². The highest BCUT2D eigenvalue weighted by Gasteiger charge is 2.11. The summed E-state index contributed by atoms with van der Waals surface area (Å²) in [4.78, 5) is 17.7. The highest BCUT2D eigenvalue weighted by Crippen LogP contribution is 2.20. The Labute approximate surface area is 193 Å². The zero-order valence-corrected chi connectivity index (χ0v) is 19.7. The molecule has 0 saturated carbocycles. The maximum atomic E-state index is 12.4. The van der Waals surface area contributed by atoms with E-state index in [0.29, 0.717) is 76.6 Å². The third kappa shape index (κ3) is 10.5. The Balaban J connectivity index is 1.51. The van der Waals surface area contributed by atoms with E-state index in [1.54, 1.807) is 6.20 Å². The van der Waals surface area contributed by atoms with Gasteiger partial charge < -0.3 is 30.0 Å². The van der Waals surface area contributed by atoms with Gasteiger partial charge >= 0.3 is 0 Å². The SMILES string of the molecule is Cc1cnc(NC(=O)c2ccc(NCCOCCOCCOCCOCCN)cc2C)s1. The van der Waals surface area contributed by atoms with Gasteiger partial charge in [-0.2, -0.15) is 0 Å². The van der Waals surface area contributed by atoms with Gasteiger partial charge in [0, 0.05) is 35.4 Å². The van der Waals surface area contributed by atoms with Crippen molar-refractivity contribution in [2.75, 3.05) is 76.6 Å². The molecule has 2 aromatic rings. The number of aryl methyl sites for hydroxylation is 2. The summed E-state index contributed by atoms with van der Waals surface area (Å²) in [5.74, 6) is -0.155. The molecule has 2 rings (SSSR count). The third-order valence-electron chi connectivity index (χ3n) is 4.27. The Hall–Kier alpha value is -2.08. The summed E-state index contributed by atoms with van der Waals surface area (Å²) in [5, 5.41) is 6.74. The maximum absolute atomic E-state index is 12.4. The van der Waals surface area contributed by atoms with Gasteiger partial charge in [0.2, 0.25) is 0 Å². The third-order valence-corrected chi connectivity index (χ3v) is 5.09. The van der Waals surface area contributed by atoms with E-state index in [2.05, 4.69) is 15.6 Å². The maximum Gasteiger partial charge on any atom is 0.257 e. The number of carbonyl (C=O) groups excluding carboxylic acids is 1. The van der Waals surface area contributed by atoms with Crippen LogP contribution in [0, 0.1) is 13.8 Å². The lowest BCUT2D eigenvalue weighted by Crippen LogP contribution is -2.16. The van der Waals surface area contributed by atoms with Crippen LogP contribution in [-0.2, 0) is 18.9 Å². The molecule has 0 atom stereocenters. The molecule has 0 aliphatic heterocycles. The van der Waals surface area contributed by atoms with E-state index in [0.717, 1.165) is 16.1 Å². The number of thiazole rings is 1. The van der Waals surface area contributed by atoms with Crippen LogP contribution in [0.4, 0.5) is 10.8 Å². The van der Waals surface area contributed by atoms with Crippen LogP contribution in [0.1, 0.15) is 20.8 Å². The van der Waals surface area contributed by atoms with Crippen molar-refractivity contribution in [3.63, 3.8) is 0 Å². The second-order valence-electron chi connectivity index (χ2n) is 6.92. The summed E-state index contributed by atoms with van der Waals surface area (Å²) in [6.45, 7) is 9.37. The highest BCUT2D eigenvalue weighted by molar-refractivity contribution is 7.15. The van der Waals surface area contributed by atoms with E-state index in [4.69, 9.17) is 24.7 Å². The van der Waals surface area contributed by atoms with Gasteiger partial charge in [-0.05, 0) is 37.6 Å². The molecule has 0 spiro atoms. The monoisotopic (exact) mass is 466 g/mol. The summed E-state index contributed by atoms with van der Waals surface area (Å²) in [6.07, 6.45) is 1.74. The van der Waals surface area contributed by atoms with Gasteiger partial charge in [-0.15, -0.1) is 11.3 Å². The van der Waals surface area contributed by atoms with Crippen LogP contribution in [0.5, 0.6) is 0 Å². The first kappa shape index (κ1) is 26.2. The van der Waals surface area contributed by atoms with Crippen LogP contribution in [0.2, 0.25) is 0 Å². The molecule has 1 heterocycles. The first-order valence-corrected chi connectivity index (χ1v) is 11.5. The summed E-state index contributed by atoms with van der Waals surface area (Å²) in [5.41, 5.74) is 7.79. The molecule has 32 heavy (non-hydrogen) atoms. The zero-order chi connectivity index (χ0) is 23.0. The lowest BCUT2D eigenvalue weighted by atomic mass is 10.1. The number of anilines is 2. The van der Waals surface area contributed by atoms with Crippen molar-refractivity contribution in [3.8, 4) is 0 Å². The molecule has 1 aromatic heterocycles. The summed E-state index contributed by atoms with van der Waals surface area (Å²) < 4.78 is 21.6. The number of ether oxygens (including phenoxy) is 4. The number of aromatic nitrogens is 1. The van der Waals surface area contributed by atoms with E-state index in [9.17, 15) is 4.79 Å². The largest absolute Gasteiger partial charge is 0.383 e. The van der Waals surface area contributed by atoms with Crippen molar-refractivity contribution in [2.24, 2.45) is 5.73 Å². The molecule has 0 bridgehead atoms. The van der Waals surface area contributed by atoms with Crippen LogP contribution >= 0.6 is 11.3 Å². The molecule has 0 aliphatic carbocycles. The van der Waals surface area contributed by atoms with Crippen molar-refractivity contribution >= 4 is 28.1 Å². The predicted molar refractivity (Wildman–Crippen MR) is 127 cm³/mol. The fourth-order valence-electron chi connectivity index (χ4n) is 2.72. The van der Waals surface area contributed by atoms with E-state index < -0.39 is 0 Å². The molecule has 4 N–H and O–H groups in total. The van der Waals surface area contributed by atoms with Crippen LogP contribution in [-0.4, -0.2) is 76.8 Å². The average Bonchev–Trinajstić information content (AvgIpc) is 3.18. The minimum Gasteiger partial charge on any atom is -0.383 e. The topological polar surface area (TPSA) is 117 Å². The van der Waals surface area contributed by atoms with Gasteiger partial charge in [0.15, 0.2) is 5.13 Å². The van der Waals surface area contributed by atoms with Crippen LogP contribution < -0.4 is 16.4 Å². The smallest absolute Gasteiger partial charge is 0.257 e. The van der Waals surface area contributed by atoms with Gasteiger partial charge in [-0.1, -0.05) is 0 Å². The van der Waals surface area contributed by atoms with Crippen LogP contribution in [0.15, 0.2) is 24.4 Å². The van der Waals surface area contributed by atoms with Gasteiger partial charge in [0.1, 0.15) is 0 Å². The molecule has 10 heteroatoms. The summed E-state index contributed by atoms with van der Waals surface area (Å²) >= 11 is 1.45. The molecular weight excluding hydrogens is 432 g/mol. The van der Waals surface area contributed by atoms with Crippen LogP contribution in [0.3, 0.4) is 0 Å². The highest BCUT2D eigenvalue weighted by atomic mass is 32.1. The van der Waals surface area contributed by atoms with Crippen molar-refractivity contribution in [1.29, 1.82) is 0 Å². The molecule has 178 valence electrons. The molecule has 0 fully saturated rings. The Kier molecular flexibility index (Phi) is 12.8. The van der Waals surface area contributed by atoms with E-state index in [1.165, 1.54) is 11.3 Å². The number of amides is 1. The van der Waals surface area contributed by atoms with Gasteiger partial charge in [0.25, 0.3) is 5.91 Å². The molecule has 9 nitrogen and oxygen atoms in total. The van der Waals surface area contributed by atoms with Gasteiger partial charge in [-0.25, -0.2) is 4.98 Å². The molecule has 0 saturated heterocycles. The number of hydrogen-bond acceptors (Lipinski definition) is 9. The van der Waals surface area contributed by atoms with E-state index >= 15 is 0 Å². The number of hydrogen-bond donors (Lipinski definition) is 3. The fourth-order valence-corrected chi connectivity index (χ4v) is 3.38. The second kappa shape index (κ2) is 15.7. The quantitative estimate of drug-likeness (QED) is 0.304. The number of rotatable bonds is 17. The minimum atomic E-state index is -0.155. The molecule has 0 aliphatic rings. The Bertz CT molecular complexity index is 802. The number of benzene rings is 1. The van der Waals surface area contributed by atoms with E-state index in [-0.39, 0.29) is 5.91 Å². The van der Waals surface area contributed by atoms with Crippen molar-refractivity contribution in [3.05, 3.63) is 40.4 Å². The lowest BCUT2D eigenvalue weighted by Gasteiger charge is -2.11. The Morgan fingerprint density at radius 3 is 2.16 bits per heavy atom. The van der Waals surface area contributed by atoms with Crippen molar-refractivity contribution in [1.82, 2.24) is 4.98 Å². The molecule has 0 radical (unpaired) electrons. The normalized spacial score (nSPS) is 11.0. The zero-order valence-electron chi connectivity index (χ0n) is 18.9. The molecule has 1 aromatic carbocycles. The molecular formula is C22H34N4O5S. The number of nitrogens with two attached hydrogens (primary N) is 1. The fraction of sp³-hybridized carbons (Fsp3) is 0.545. The average molecular weight is 467 g/mol. The van der Waals surface area contributed by atoms with E-state index in [1.807, 2.05) is 32.0 Å². The summed E-state index contributed by atoms with van der Waals surface area (Å²) in [6, 6.07) is 5.65. The number of carbonyl (C=O) groups is 1. The Morgan fingerprint density at radius 1 is 0.969 bits per heavy atom. The Morgan fingerprint density at radius 2 is 1.59 bits per heavy atom. The number of nitrogens with one attached hydrogen (secondary N) is 2. The summed E-state index contributed by atoms with van der Waals surface area (Å²) in [7, 11) is 0. The standard InChI is InChI=1S/C22H34N4O5S/c1-17-15-19(3-4-20(17)21(27)26-22-25-16-18(2)32-22)24-6-8-29-10-12-31-14-13-30-11-9-28-7-5-23/h3-4,15-16,24H,5-14,23H2,1-2H3,(H,25,26,27). The van der Waals surface area contributed by atoms with Crippen molar-refractivity contribution in [2.45, 2.75) is 13.8 Å². The van der Waals surface area contributed by atoms with Gasteiger partial charge in [-0.3, -0.25) is 10.1 Å². The van der Waals surface area contributed by atoms with Crippen LogP contribution in [0.25, 0.3) is 0 Å². The second-order valence-corrected chi connectivity index (χ2v) is 8.16. The number of nitrogens with zero attached hydrogens (tertiary/aromatic N) is 1. The lowest BCUT2D eigenvalue weighted by molar-refractivity contribution is 0.0000721. The first-order chi connectivity index (χ1) is 15.6. The molecule has 1 amide bonds. The minimum absolute atomic E-state index is 0.155.